The summed E-state index contributed by atoms with van der Waals surface area (Å²) in [6, 6.07) is 17.4. The molecule has 0 saturated heterocycles. The van der Waals surface area contributed by atoms with Gasteiger partial charge in [0.2, 0.25) is 5.88 Å². The van der Waals surface area contributed by atoms with Crippen LogP contribution in [0.3, 0.4) is 0 Å². The second-order valence-electron chi connectivity index (χ2n) is 4.47. The summed E-state index contributed by atoms with van der Waals surface area (Å²) in [6.45, 7) is 1.98. The molecule has 0 bridgehead atoms. The van der Waals surface area contributed by atoms with Gasteiger partial charge in [-0.1, -0.05) is 24.3 Å². The lowest BCUT2D eigenvalue weighted by Crippen LogP contribution is -1.93. The van der Waals surface area contributed by atoms with E-state index in [0.717, 1.165) is 22.2 Å². The predicted molar refractivity (Wildman–Crippen MR) is 77.4 cm³/mol. The van der Waals surface area contributed by atoms with Gasteiger partial charge in [0.05, 0.1) is 5.52 Å². The molecular weight excluding hydrogens is 236 g/mol. The maximum atomic E-state index is 5.81. The molecule has 3 heteroatoms. The zero-order valence-electron chi connectivity index (χ0n) is 10.6. The Morgan fingerprint density at radius 3 is 2.74 bits per heavy atom. The largest absolute Gasteiger partial charge is 0.439 e. The Morgan fingerprint density at radius 2 is 1.84 bits per heavy atom. The number of para-hydroxylation sites is 1. The molecule has 0 aliphatic carbocycles. The summed E-state index contributed by atoms with van der Waals surface area (Å²) in [5, 5.41) is 1.10. The van der Waals surface area contributed by atoms with E-state index in [1.807, 2.05) is 61.5 Å². The van der Waals surface area contributed by atoms with Crippen LogP contribution in [-0.2, 0) is 0 Å². The minimum Gasteiger partial charge on any atom is -0.439 e. The van der Waals surface area contributed by atoms with Crippen molar-refractivity contribution in [1.29, 1.82) is 0 Å². The van der Waals surface area contributed by atoms with Gasteiger partial charge in [-0.2, -0.15) is 0 Å². The number of rotatable bonds is 2. The Hall–Kier alpha value is -2.55. The summed E-state index contributed by atoms with van der Waals surface area (Å²) >= 11 is 0. The van der Waals surface area contributed by atoms with E-state index in [0.29, 0.717) is 11.6 Å². The summed E-state index contributed by atoms with van der Waals surface area (Å²) in [5.41, 5.74) is 8.40. The first-order chi connectivity index (χ1) is 9.22. The number of ether oxygens (including phenoxy) is 1. The third-order valence-corrected chi connectivity index (χ3v) is 3.00. The smallest absolute Gasteiger partial charge is 0.219 e. The van der Waals surface area contributed by atoms with Crippen LogP contribution in [0.4, 0.5) is 5.69 Å². The predicted octanol–water partition coefficient (Wildman–Crippen LogP) is 3.92. The van der Waals surface area contributed by atoms with Gasteiger partial charge in [-0.3, -0.25) is 0 Å². The van der Waals surface area contributed by atoms with E-state index in [1.165, 1.54) is 0 Å². The molecule has 19 heavy (non-hydrogen) atoms. The monoisotopic (exact) mass is 250 g/mol. The molecule has 2 aromatic carbocycles. The number of nitrogens with zero attached hydrogens (tertiary/aromatic N) is 1. The highest BCUT2D eigenvalue weighted by atomic mass is 16.5. The Balaban J connectivity index is 1.98. The number of nitrogens with two attached hydrogens (primary N) is 1. The van der Waals surface area contributed by atoms with Crippen molar-refractivity contribution in [3.63, 3.8) is 0 Å². The normalized spacial score (nSPS) is 10.6. The number of pyridine rings is 1. The lowest BCUT2D eigenvalue weighted by atomic mass is 10.2. The first kappa shape index (κ1) is 11.5. The van der Waals surface area contributed by atoms with Gasteiger partial charge in [-0.25, -0.2) is 4.98 Å². The van der Waals surface area contributed by atoms with Crippen molar-refractivity contribution in [3.8, 4) is 11.6 Å². The van der Waals surface area contributed by atoms with Crippen LogP contribution in [-0.4, -0.2) is 4.98 Å². The standard InChI is InChI=1S/C16H14N2O/c1-11-6-8-13(17)10-15(11)19-16-9-7-12-4-2-3-5-14(12)18-16/h2-10H,17H2,1H3. The highest BCUT2D eigenvalue weighted by molar-refractivity contribution is 5.78. The molecule has 1 aromatic heterocycles. The molecule has 2 N–H and O–H groups in total. The van der Waals surface area contributed by atoms with Crippen LogP contribution < -0.4 is 10.5 Å². The second-order valence-corrected chi connectivity index (χ2v) is 4.47. The van der Waals surface area contributed by atoms with Gasteiger partial charge in [0.1, 0.15) is 5.75 Å². The third-order valence-electron chi connectivity index (χ3n) is 3.00. The third kappa shape index (κ3) is 2.36. The molecule has 0 fully saturated rings. The van der Waals surface area contributed by atoms with Crippen molar-refractivity contribution in [2.45, 2.75) is 6.92 Å². The Bertz CT molecular complexity index is 738. The van der Waals surface area contributed by atoms with Crippen molar-refractivity contribution in [3.05, 3.63) is 60.2 Å². The summed E-state index contributed by atoms with van der Waals surface area (Å²) in [4.78, 5) is 4.48. The first-order valence-corrected chi connectivity index (χ1v) is 6.12. The molecule has 3 rings (SSSR count). The lowest BCUT2D eigenvalue weighted by molar-refractivity contribution is 0.462. The van der Waals surface area contributed by atoms with Gasteiger partial charge in [0.15, 0.2) is 0 Å². The van der Waals surface area contributed by atoms with E-state index >= 15 is 0 Å². The van der Waals surface area contributed by atoms with Crippen LogP contribution in [0.25, 0.3) is 10.9 Å². The average molecular weight is 250 g/mol. The molecule has 0 radical (unpaired) electrons. The zero-order valence-corrected chi connectivity index (χ0v) is 10.6. The quantitative estimate of drug-likeness (QED) is 0.701. The van der Waals surface area contributed by atoms with E-state index in [-0.39, 0.29) is 0 Å². The van der Waals surface area contributed by atoms with Crippen molar-refractivity contribution < 1.29 is 4.74 Å². The van der Waals surface area contributed by atoms with Gasteiger partial charge in [0.25, 0.3) is 0 Å². The summed E-state index contributed by atoms with van der Waals surface area (Å²) in [6.07, 6.45) is 0. The van der Waals surface area contributed by atoms with Gasteiger partial charge in [0, 0.05) is 23.2 Å². The Kier molecular flexibility index (Phi) is 2.80. The molecule has 3 nitrogen and oxygen atoms in total. The number of aryl methyl sites for hydroxylation is 1. The van der Waals surface area contributed by atoms with Crippen molar-refractivity contribution >= 4 is 16.6 Å². The zero-order chi connectivity index (χ0) is 13.2. The Morgan fingerprint density at radius 1 is 1.00 bits per heavy atom. The van der Waals surface area contributed by atoms with E-state index in [2.05, 4.69) is 4.98 Å². The average Bonchev–Trinajstić information content (AvgIpc) is 2.43. The number of nitrogen functional groups attached to an aromatic ring is 1. The summed E-state index contributed by atoms with van der Waals surface area (Å²) in [7, 11) is 0. The number of hydrogen-bond acceptors (Lipinski definition) is 3. The molecule has 3 aromatic rings. The van der Waals surface area contributed by atoms with Crippen molar-refractivity contribution in [2.75, 3.05) is 5.73 Å². The molecule has 94 valence electrons. The fourth-order valence-electron chi connectivity index (χ4n) is 1.94. The number of fused-ring (bicyclic) bond motifs is 1. The summed E-state index contributed by atoms with van der Waals surface area (Å²) < 4.78 is 5.81. The van der Waals surface area contributed by atoms with Gasteiger partial charge < -0.3 is 10.5 Å². The van der Waals surface area contributed by atoms with Crippen LogP contribution in [0.2, 0.25) is 0 Å². The molecule has 0 saturated carbocycles. The van der Waals surface area contributed by atoms with Gasteiger partial charge in [-0.05, 0) is 30.7 Å². The van der Waals surface area contributed by atoms with Crippen LogP contribution in [0, 0.1) is 6.92 Å². The molecule has 1 heterocycles. The van der Waals surface area contributed by atoms with E-state index < -0.39 is 0 Å². The minimum absolute atomic E-state index is 0.576. The summed E-state index contributed by atoms with van der Waals surface area (Å²) in [5.74, 6) is 1.31. The highest BCUT2D eigenvalue weighted by Gasteiger charge is 2.04. The first-order valence-electron chi connectivity index (χ1n) is 6.12. The van der Waals surface area contributed by atoms with E-state index in [1.54, 1.807) is 0 Å². The molecule has 0 unspecified atom stereocenters. The maximum absolute atomic E-state index is 5.81. The lowest BCUT2D eigenvalue weighted by Gasteiger charge is -2.09. The maximum Gasteiger partial charge on any atom is 0.219 e. The molecule has 0 aliphatic rings. The topological polar surface area (TPSA) is 48.1 Å². The second kappa shape index (κ2) is 4.61. The van der Waals surface area contributed by atoms with Gasteiger partial charge >= 0.3 is 0 Å². The fourth-order valence-corrected chi connectivity index (χ4v) is 1.94. The van der Waals surface area contributed by atoms with E-state index in [9.17, 15) is 0 Å². The van der Waals surface area contributed by atoms with Crippen molar-refractivity contribution in [1.82, 2.24) is 4.98 Å². The van der Waals surface area contributed by atoms with E-state index in [4.69, 9.17) is 10.5 Å². The number of aromatic nitrogens is 1. The Labute approximate surface area is 111 Å². The van der Waals surface area contributed by atoms with Gasteiger partial charge in [-0.15, -0.1) is 0 Å². The van der Waals surface area contributed by atoms with Crippen LogP contribution in [0.5, 0.6) is 11.6 Å². The number of anilines is 1. The van der Waals surface area contributed by atoms with Crippen LogP contribution in [0.1, 0.15) is 5.56 Å². The molecule has 0 spiro atoms. The number of hydrogen-bond donors (Lipinski definition) is 1. The SMILES string of the molecule is Cc1ccc(N)cc1Oc1ccc2ccccc2n1. The highest BCUT2D eigenvalue weighted by Crippen LogP contribution is 2.27. The van der Waals surface area contributed by atoms with Crippen LogP contribution in [0.15, 0.2) is 54.6 Å². The molecule has 0 atom stereocenters. The molecular formula is C16H14N2O. The molecule has 0 amide bonds. The van der Waals surface area contributed by atoms with Crippen molar-refractivity contribution in [2.24, 2.45) is 0 Å². The number of benzene rings is 2. The minimum atomic E-state index is 0.576. The fraction of sp³-hybridized carbons (Fsp3) is 0.0625. The molecule has 0 aliphatic heterocycles. The van der Waals surface area contributed by atoms with Crippen LogP contribution >= 0.6 is 0 Å².